The van der Waals surface area contributed by atoms with Crippen molar-refractivity contribution in [3.63, 3.8) is 0 Å². The third-order valence-electron chi connectivity index (χ3n) is 5.28. The predicted molar refractivity (Wildman–Crippen MR) is 115 cm³/mol. The smallest absolute Gasteiger partial charge is 0.269 e. The molecule has 1 aliphatic rings. The summed E-state index contributed by atoms with van der Waals surface area (Å²) in [6.07, 6.45) is 0.817. The van der Waals surface area contributed by atoms with Crippen LogP contribution in [0, 0.1) is 10.1 Å². The number of anilines is 1. The van der Waals surface area contributed by atoms with Gasteiger partial charge >= 0.3 is 0 Å². The molecular formula is C22H21N3O3S. The Morgan fingerprint density at radius 1 is 1.10 bits per heavy atom. The third-order valence-corrected chi connectivity index (χ3v) is 6.27. The zero-order valence-electron chi connectivity index (χ0n) is 16.2. The fraction of sp³-hybridized carbons (Fsp3) is 0.227. The second kappa shape index (κ2) is 7.67. The van der Waals surface area contributed by atoms with E-state index in [1.54, 1.807) is 23.5 Å². The van der Waals surface area contributed by atoms with Crippen LogP contribution in [0.4, 0.5) is 11.4 Å². The molecule has 2 heterocycles. The van der Waals surface area contributed by atoms with Gasteiger partial charge in [0.05, 0.1) is 11.0 Å². The molecule has 2 aromatic carbocycles. The molecule has 0 saturated heterocycles. The molecule has 0 spiro atoms. The van der Waals surface area contributed by atoms with Crippen molar-refractivity contribution in [3.8, 4) is 0 Å². The van der Waals surface area contributed by atoms with Crippen molar-refractivity contribution in [3.05, 3.63) is 91.7 Å². The summed E-state index contributed by atoms with van der Waals surface area (Å²) in [4.78, 5) is 29.1. The first-order chi connectivity index (χ1) is 14.0. The predicted octanol–water partition coefficient (Wildman–Crippen LogP) is 4.51. The normalized spacial score (nSPS) is 15.7. The number of thiophene rings is 1. The summed E-state index contributed by atoms with van der Waals surface area (Å²) in [7, 11) is 3.92. The van der Waals surface area contributed by atoms with Crippen LogP contribution in [0.5, 0.6) is 0 Å². The molecule has 0 radical (unpaired) electrons. The number of hydrogen-bond donors (Lipinski definition) is 0. The van der Waals surface area contributed by atoms with Gasteiger partial charge in [-0.2, -0.15) is 0 Å². The van der Waals surface area contributed by atoms with Crippen molar-refractivity contribution >= 4 is 28.6 Å². The maximum atomic E-state index is 13.4. The first-order valence-corrected chi connectivity index (χ1v) is 10.2. The average Bonchev–Trinajstić information content (AvgIpc) is 3.21. The van der Waals surface area contributed by atoms with Gasteiger partial charge in [-0.25, -0.2) is 0 Å². The Bertz CT molecular complexity index is 1040. The fourth-order valence-corrected chi connectivity index (χ4v) is 4.64. The zero-order chi connectivity index (χ0) is 20.5. The van der Waals surface area contributed by atoms with Gasteiger partial charge in [-0.3, -0.25) is 14.9 Å². The molecule has 4 rings (SSSR count). The molecule has 29 heavy (non-hydrogen) atoms. The van der Waals surface area contributed by atoms with Crippen LogP contribution >= 0.6 is 11.3 Å². The van der Waals surface area contributed by atoms with Crippen molar-refractivity contribution in [2.75, 3.05) is 25.5 Å². The summed E-state index contributed by atoms with van der Waals surface area (Å²) in [5.74, 6) is -0.0319. The van der Waals surface area contributed by atoms with E-state index in [2.05, 4.69) is 6.07 Å². The first-order valence-electron chi connectivity index (χ1n) is 9.34. The van der Waals surface area contributed by atoms with Gasteiger partial charge in [0.15, 0.2) is 0 Å². The van der Waals surface area contributed by atoms with Gasteiger partial charge in [-0.15, -0.1) is 11.3 Å². The van der Waals surface area contributed by atoms with Gasteiger partial charge in [0.2, 0.25) is 0 Å². The molecule has 0 aliphatic carbocycles. The van der Waals surface area contributed by atoms with Crippen LogP contribution in [0.1, 0.15) is 32.4 Å². The SMILES string of the molecule is CN(C)c1ccc(C(=O)N2CCc3sccc3C2c2ccc([N+](=O)[O-])cc2)cc1. The largest absolute Gasteiger partial charge is 0.378 e. The molecule has 0 saturated carbocycles. The number of carbonyl (C=O) groups excluding carboxylic acids is 1. The maximum Gasteiger partial charge on any atom is 0.269 e. The van der Waals surface area contributed by atoms with E-state index >= 15 is 0 Å². The van der Waals surface area contributed by atoms with Crippen molar-refractivity contribution in [1.29, 1.82) is 0 Å². The van der Waals surface area contributed by atoms with Crippen LogP contribution < -0.4 is 4.90 Å². The number of fused-ring (bicyclic) bond motifs is 1. The second-order valence-electron chi connectivity index (χ2n) is 7.24. The lowest BCUT2D eigenvalue weighted by Gasteiger charge is -2.36. The number of carbonyl (C=O) groups is 1. The Morgan fingerprint density at radius 2 is 1.79 bits per heavy atom. The lowest BCUT2D eigenvalue weighted by molar-refractivity contribution is -0.384. The van der Waals surface area contributed by atoms with Crippen LogP contribution in [0.3, 0.4) is 0 Å². The molecular weight excluding hydrogens is 386 g/mol. The Kier molecular flexibility index (Phi) is 5.07. The summed E-state index contributed by atoms with van der Waals surface area (Å²) in [6.45, 7) is 0.615. The average molecular weight is 407 g/mol. The van der Waals surface area contributed by atoms with Gasteiger partial charge < -0.3 is 9.80 Å². The molecule has 6 nitrogen and oxygen atoms in total. The van der Waals surface area contributed by atoms with E-state index in [1.165, 1.54) is 17.0 Å². The number of benzene rings is 2. The minimum Gasteiger partial charge on any atom is -0.378 e. The fourth-order valence-electron chi connectivity index (χ4n) is 3.74. The van der Waals surface area contributed by atoms with E-state index in [0.717, 1.165) is 23.2 Å². The lowest BCUT2D eigenvalue weighted by Crippen LogP contribution is -2.40. The minimum absolute atomic E-state index is 0.0319. The number of nitro groups is 1. The highest BCUT2D eigenvalue weighted by atomic mass is 32.1. The van der Waals surface area contributed by atoms with Crippen molar-refractivity contribution in [2.45, 2.75) is 12.5 Å². The van der Waals surface area contributed by atoms with Gasteiger partial charge in [0.1, 0.15) is 0 Å². The second-order valence-corrected chi connectivity index (χ2v) is 8.24. The quantitative estimate of drug-likeness (QED) is 0.471. The standard InChI is InChI=1S/C22H21N3O3S/c1-23(2)17-7-5-16(6-8-17)22(26)24-13-11-20-19(12-14-29-20)21(24)15-3-9-18(10-4-15)25(27)28/h3-10,12,14,21H,11,13H2,1-2H3. The van der Waals surface area contributed by atoms with Crippen molar-refractivity contribution in [1.82, 2.24) is 4.90 Å². The summed E-state index contributed by atoms with van der Waals surface area (Å²) in [5.41, 5.74) is 3.71. The Morgan fingerprint density at radius 3 is 2.41 bits per heavy atom. The van der Waals surface area contributed by atoms with Crippen LogP contribution in [-0.2, 0) is 6.42 Å². The van der Waals surface area contributed by atoms with Gasteiger partial charge in [-0.1, -0.05) is 0 Å². The first kappa shape index (κ1) is 19.1. The zero-order valence-corrected chi connectivity index (χ0v) is 17.1. The molecule has 7 heteroatoms. The van der Waals surface area contributed by atoms with E-state index in [-0.39, 0.29) is 17.6 Å². The lowest BCUT2D eigenvalue weighted by atomic mass is 9.92. The molecule has 0 N–H and O–H groups in total. The van der Waals surface area contributed by atoms with Crippen LogP contribution in [0.2, 0.25) is 0 Å². The molecule has 1 aliphatic heterocycles. The molecule has 1 atom stereocenters. The Labute approximate surface area is 173 Å². The topological polar surface area (TPSA) is 66.7 Å². The van der Waals surface area contributed by atoms with Crippen LogP contribution in [0.25, 0.3) is 0 Å². The number of nitro benzene ring substituents is 1. The van der Waals surface area contributed by atoms with E-state index < -0.39 is 4.92 Å². The summed E-state index contributed by atoms with van der Waals surface area (Å²) in [5, 5.41) is 13.1. The molecule has 1 amide bonds. The molecule has 3 aromatic rings. The Hall–Kier alpha value is -3.19. The van der Waals surface area contributed by atoms with Crippen molar-refractivity contribution < 1.29 is 9.72 Å². The van der Waals surface area contributed by atoms with Gasteiger partial charge in [-0.05, 0) is 65.4 Å². The molecule has 1 aromatic heterocycles. The van der Waals surface area contributed by atoms with Crippen LogP contribution in [0.15, 0.2) is 60.0 Å². The number of amides is 1. The highest BCUT2D eigenvalue weighted by Crippen LogP contribution is 2.39. The van der Waals surface area contributed by atoms with Crippen LogP contribution in [-0.4, -0.2) is 36.4 Å². The van der Waals surface area contributed by atoms with E-state index in [0.29, 0.717) is 12.1 Å². The summed E-state index contributed by atoms with van der Waals surface area (Å²) in [6, 6.07) is 15.9. The Balaban J connectivity index is 1.71. The van der Waals surface area contributed by atoms with Gasteiger partial charge in [0, 0.05) is 48.9 Å². The highest BCUT2D eigenvalue weighted by Gasteiger charge is 2.33. The third kappa shape index (κ3) is 3.61. The van der Waals surface area contributed by atoms with E-state index in [1.807, 2.05) is 53.5 Å². The molecule has 0 bridgehead atoms. The molecule has 0 fully saturated rings. The number of nitrogens with zero attached hydrogens (tertiary/aromatic N) is 3. The maximum absolute atomic E-state index is 13.4. The van der Waals surface area contributed by atoms with Gasteiger partial charge in [0.25, 0.3) is 11.6 Å². The monoisotopic (exact) mass is 407 g/mol. The molecule has 148 valence electrons. The molecule has 1 unspecified atom stereocenters. The summed E-state index contributed by atoms with van der Waals surface area (Å²) < 4.78 is 0. The minimum atomic E-state index is -0.407. The van der Waals surface area contributed by atoms with Crippen molar-refractivity contribution in [2.24, 2.45) is 0 Å². The number of non-ortho nitro benzene ring substituents is 1. The van der Waals surface area contributed by atoms with E-state index in [9.17, 15) is 14.9 Å². The number of hydrogen-bond acceptors (Lipinski definition) is 5. The summed E-state index contributed by atoms with van der Waals surface area (Å²) >= 11 is 1.69. The highest BCUT2D eigenvalue weighted by molar-refractivity contribution is 7.10. The number of rotatable bonds is 4. The van der Waals surface area contributed by atoms with E-state index in [4.69, 9.17) is 0 Å².